The third-order valence-electron chi connectivity index (χ3n) is 5.37. The molecule has 2 amide bonds. The average Bonchev–Trinajstić information content (AvgIpc) is 2.75. The first-order valence-corrected chi connectivity index (χ1v) is 11.7. The van der Waals surface area contributed by atoms with E-state index in [1.165, 1.54) is 12.1 Å². The number of carbonyl (C=O) groups excluding carboxylic acids is 2. The predicted octanol–water partition coefficient (Wildman–Crippen LogP) is 2.43. The highest BCUT2D eigenvalue weighted by molar-refractivity contribution is 7.91. The van der Waals surface area contributed by atoms with Gasteiger partial charge >= 0.3 is 0 Å². The number of amides is 2. The number of nitrogens with one attached hydrogen (secondary N) is 1. The summed E-state index contributed by atoms with van der Waals surface area (Å²) in [7, 11) is -3.50. The van der Waals surface area contributed by atoms with E-state index in [-0.39, 0.29) is 28.0 Å². The van der Waals surface area contributed by atoms with Gasteiger partial charge in [-0.3, -0.25) is 14.5 Å². The van der Waals surface area contributed by atoms with Crippen LogP contribution in [0.15, 0.2) is 53.4 Å². The molecule has 2 aromatic carbocycles. The minimum atomic E-state index is -3.50. The fourth-order valence-electron chi connectivity index (χ4n) is 3.66. The summed E-state index contributed by atoms with van der Waals surface area (Å²) in [4.78, 5) is 26.4. The number of rotatable bonds is 7. The maximum atomic E-state index is 12.7. The Hall–Kier alpha value is -2.71. The lowest BCUT2D eigenvalue weighted by atomic mass is 9.97. The summed E-state index contributed by atoms with van der Waals surface area (Å²) in [5.41, 5.74) is 7.22. The van der Waals surface area contributed by atoms with Crippen LogP contribution in [-0.2, 0) is 21.2 Å². The molecular formula is C22H27N3O4S. The molecule has 1 saturated heterocycles. The van der Waals surface area contributed by atoms with Gasteiger partial charge in [-0.2, -0.15) is 0 Å². The van der Waals surface area contributed by atoms with Crippen LogP contribution in [0.1, 0.15) is 35.7 Å². The minimum absolute atomic E-state index is 0.0377. The van der Waals surface area contributed by atoms with Crippen LogP contribution in [0.5, 0.6) is 0 Å². The van der Waals surface area contributed by atoms with Crippen LogP contribution in [0.2, 0.25) is 0 Å². The lowest BCUT2D eigenvalue weighted by molar-refractivity contribution is -0.123. The molecular weight excluding hydrogens is 402 g/mol. The Morgan fingerprint density at radius 1 is 1.13 bits per heavy atom. The lowest BCUT2D eigenvalue weighted by Crippen LogP contribution is -2.40. The Balaban J connectivity index is 1.67. The molecule has 0 spiro atoms. The summed E-state index contributed by atoms with van der Waals surface area (Å²) in [5, 5.41) is 2.77. The summed E-state index contributed by atoms with van der Waals surface area (Å²) in [6.07, 6.45) is 1.79. The molecule has 1 aliphatic rings. The van der Waals surface area contributed by atoms with E-state index in [4.69, 9.17) is 5.73 Å². The van der Waals surface area contributed by atoms with Gasteiger partial charge in [-0.1, -0.05) is 31.2 Å². The van der Waals surface area contributed by atoms with Crippen molar-refractivity contribution >= 4 is 27.3 Å². The molecule has 1 unspecified atom stereocenters. The Morgan fingerprint density at radius 2 is 1.83 bits per heavy atom. The number of sulfone groups is 1. The van der Waals surface area contributed by atoms with Crippen molar-refractivity contribution in [3.63, 3.8) is 0 Å². The number of nitrogens with zero attached hydrogens (tertiary/aromatic N) is 1. The van der Waals surface area contributed by atoms with Crippen LogP contribution in [-0.4, -0.2) is 44.0 Å². The van der Waals surface area contributed by atoms with Gasteiger partial charge in [-0.05, 0) is 49.2 Å². The SMILES string of the molecule is CCS(=O)(=O)c1ccccc1C(=O)Nc1ccc(CN2CCCC(C(N)=O)C2)cc1. The molecule has 3 N–H and O–H groups in total. The van der Waals surface area contributed by atoms with Crippen LogP contribution in [0, 0.1) is 5.92 Å². The maximum absolute atomic E-state index is 12.7. The molecule has 160 valence electrons. The predicted molar refractivity (Wildman–Crippen MR) is 116 cm³/mol. The normalized spacial score (nSPS) is 17.4. The summed E-state index contributed by atoms with van der Waals surface area (Å²) in [6, 6.07) is 13.6. The van der Waals surface area contributed by atoms with Crippen LogP contribution in [0.25, 0.3) is 0 Å². The van der Waals surface area contributed by atoms with Gasteiger partial charge in [-0.15, -0.1) is 0 Å². The summed E-state index contributed by atoms with van der Waals surface area (Å²) in [6.45, 7) is 3.84. The van der Waals surface area contributed by atoms with Gasteiger partial charge in [0.1, 0.15) is 0 Å². The third kappa shape index (κ3) is 5.25. The number of benzene rings is 2. The van der Waals surface area contributed by atoms with Crippen molar-refractivity contribution in [2.45, 2.75) is 31.2 Å². The van der Waals surface area contributed by atoms with E-state index in [1.54, 1.807) is 31.2 Å². The van der Waals surface area contributed by atoms with Crippen molar-refractivity contribution in [2.75, 3.05) is 24.2 Å². The molecule has 3 rings (SSSR count). The van der Waals surface area contributed by atoms with Crippen LogP contribution < -0.4 is 11.1 Å². The Bertz CT molecular complexity index is 1020. The van der Waals surface area contributed by atoms with E-state index in [0.717, 1.165) is 24.9 Å². The van der Waals surface area contributed by atoms with Gasteiger partial charge in [-0.25, -0.2) is 8.42 Å². The van der Waals surface area contributed by atoms with E-state index in [9.17, 15) is 18.0 Å². The zero-order valence-electron chi connectivity index (χ0n) is 17.0. The van der Waals surface area contributed by atoms with E-state index < -0.39 is 15.7 Å². The molecule has 7 nitrogen and oxygen atoms in total. The number of hydrogen-bond acceptors (Lipinski definition) is 5. The molecule has 1 atom stereocenters. The van der Waals surface area contributed by atoms with E-state index in [2.05, 4.69) is 10.2 Å². The molecule has 0 saturated carbocycles. The highest BCUT2D eigenvalue weighted by atomic mass is 32.2. The average molecular weight is 430 g/mol. The summed E-state index contributed by atoms with van der Waals surface area (Å²) >= 11 is 0. The number of nitrogens with two attached hydrogens (primary N) is 1. The van der Waals surface area contributed by atoms with Crippen molar-refractivity contribution in [1.29, 1.82) is 0 Å². The largest absolute Gasteiger partial charge is 0.369 e. The smallest absolute Gasteiger partial charge is 0.256 e. The second-order valence-electron chi connectivity index (χ2n) is 7.53. The minimum Gasteiger partial charge on any atom is -0.369 e. The number of likely N-dealkylation sites (tertiary alicyclic amines) is 1. The number of carbonyl (C=O) groups is 2. The third-order valence-corrected chi connectivity index (χ3v) is 7.16. The highest BCUT2D eigenvalue weighted by Crippen LogP contribution is 2.21. The van der Waals surface area contributed by atoms with E-state index >= 15 is 0 Å². The van der Waals surface area contributed by atoms with Gasteiger partial charge < -0.3 is 11.1 Å². The Kier molecular flexibility index (Phi) is 6.89. The fraction of sp³-hybridized carbons (Fsp3) is 0.364. The van der Waals surface area contributed by atoms with Crippen molar-refractivity contribution in [3.05, 3.63) is 59.7 Å². The second kappa shape index (κ2) is 9.40. The van der Waals surface area contributed by atoms with Crippen LogP contribution >= 0.6 is 0 Å². The molecule has 8 heteroatoms. The molecule has 0 bridgehead atoms. The molecule has 1 heterocycles. The van der Waals surface area contributed by atoms with Crippen molar-refractivity contribution < 1.29 is 18.0 Å². The number of hydrogen-bond donors (Lipinski definition) is 2. The van der Waals surface area contributed by atoms with Gasteiger partial charge in [0.15, 0.2) is 9.84 Å². The summed E-state index contributed by atoms with van der Waals surface area (Å²) in [5.74, 6) is -0.880. The van der Waals surface area contributed by atoms with Crippen LogP contribution in [0.3, 0.4) is 0 Å². The quantitative estimate of drug-likeness (QED) is 0.702. The fourth-order valence-corrected chi connectivity index (χ4v) is 4.76. The van der Waals surface area contributed by atoms with Gasteiger partial charge in [0, 0.05) is 18.8 Å². The maximum Gasteiger partial charge on any atom is 0.256 e. The molecule has 0 aliphatic carbocycles. The van der Waals surface area contributed by atoms with Gasteiger partial charge in [0.25, 0.3) is 5.91 Å². The second-order valence-corrected chi connectivity index (χ2v) is 9.77. The molecule has 1 aliphatic heterocycles. The summed E-state index contributed by atoms with van der Waals surface area (Å²) < 4.78 is 24.5. The molecule has 1 fully saturated rings. The Labute approximate surface area is 177 Å². The number of primary amides is 1. The van der Waals surface area contributed by atoms with E-state index in [1.807, 2.05) is 12.1 Å². The monoisotopic (exact) mass is 429 g/mol. The first-order chi connectivity index (χ1) is 14.3. The first kappa shape index (κ1) is 22.0. The van der Waals surface area contributed by atoms with Gasteiger partial charge in [0.2, 0.25) is 5.91 Å². The molecule has 2 aromatic rings. The van der Waals surface area contributed by atoms with E-state index in [0.29, 0.717) is 18.8 Å². The van der Waals surface area contributed by atoms with Crippen molar-refractivity contribution in [1.82, 2.24) is 4.90 Å². The standard InChI is InChI=1S/C22H27N3O4S/c1-2-30(28,29)20-8-4-3-7-19(20)22(27)24-18-11-9-16(10-12-18)14-25-13-5-6-17(15-25)21(23)26/h3-4,7-12,17H,2,5-6,13-15H2,1H3,(H2,23,26)(H,24,27). The molecule has 0 radical (unpaired) electrons. The van der Waals surface area contributed by atoms with Crippen LogP contribution in [0.4, 0.5) is 5.69 Å². The zero-order chi connectivity index (χ0) is 21.7. The van der Waals surface area contributed by atoms with Crippen molar-refractivity contribution in [2.24, 2.45) is 11.7 Å². The zero-order valence-corrected chi connectivity index (χ0v) is 17.8. The van der Waals surface area contributed by atoms with Crippen molar-refractivity contribution in [3.8, 4) is 0 Å². The topological polar surface area (TPSA) is 110 Å². The first-order valence-electron chi connectivity index (χ1n) is 10.0. The lowest BCUT2D eigenvalue weighted by Gasteiger charge is -2.31. The number of anilines is 1. The van der Waals surface area contributed by atoms with Gasteiger partial charge in [0.05, 0.1) is 22.1 Å². The molecule has 30 heavy (non-hydrogen) atoms. The molecule has 0 aromatic heterocycles. The highest BCUT2D eigenvalue weighted by Gasteiger charge is 2.24. The number of piperidine rings is 1. The Morgan fingerprint density at radius 3 is 2.50 bits per heavy atom.